The van der Waals surface area contributed by atoms with E-state index in [0.717, 1.165) is 19.3 Å². The molecule has 0 saturated carbocycles. The second-order valence-electron chi connectivity index (χ2n) is 4.32. The monoisotopic (exact) mass is 168 g/mol. The lowest BCUT2D eigenvalue weighted by Gasteiger charge is -2.36. The van der Waals surface area contributed by atoms with Gasteiger partial charge in [-0.2, -0.15) is 0 Å². The Balaban J connectivity index is 2.69. The van der Waals surface area contributed by atoms with Crippen LogP contribution in [-0.4, -0.2) is 10.7 Å². The summed E-state index contributed by atoms with van der Waals surface area (Å²) in [6, 6.07) is 0. The first-order valence-corrected chi connectivity index (χ1v) is 4.96. The van der Waals surface area contributed by atoms with E-state index in [0.29, 0.717) is 11.8 Å². The van der Waals surface area contributed by atoms with Crippen molar-refractivity contribution in [3.8, 4) is 0 Å². The van der Waals surface area contributed by atoms with E-state index in [4.69, 9.17) is 0 Å². The Kier molecular flexibility index (Phi) is 2.94. The Bertz CT molecular complexity index is 172. The number of hydrogen-bond acceptors (Lipinski definition) is 1. The quantitative estimate of drug-likeness (QED) is 0.629. The van der Waals surface area contributed by atoms with Crippen molar-refractivity contribution in [2.24, 2.45) is 11.8 Å². The zero-order chi connectivity index (χ0) is 9.19. The maximum atomic E-state index is 10.2. The average molecular weight is 168 g/mol. The third-order valence-corrected chi connectivity index (χ3v) is 3.14. The minimum Gasteiger partial charge on any atom is -0.386 e. The summed E-state index contributed by atoms with van der Waals surface area (Å²) in [4.78, 5) is 0. The van der Waals surface area contributed by atoms with Gasteiger partial charge in [0, 0.05) is 0 Å². The Labute approximate surface area is 75.5 Å². The number of allylic oxidation sites excluding steroid dienone is 1. The highest BCUT2D eigenvalue weighted by Crippen LogP contribution is 2.33. The lowest BCUT2D eigenvalue weighted by Crippen LogP contribution is -2.38. The molecule has 1 nitrogen and oxygen atoms in total. The van der Waals surface area contributed by atoms with E-state index >= 15 is 0 Å². The van der Waals surface area contributed by atoms with Crippen LogP contribution in [0.25, 0.3) is 0 Å². The molecule has 0 heterocycles. The topological polar surface area (TPSA) is 20.2 Å². The van der Waals surface area contributed by atoms with Crippen LogP contribution >= 0.6 is 0 Å². The highest BCUT2D eigenvalue weighted by Gasteiger charge is 2.33. The smallest absolute Gasteiger partial charge is 0.0855 e. The lowest BCUT2D eigenvalue weighted by atomic mass is 9.76. The van der Waals surface area contributed by atoms with Crippen molar-refractivity contribution >= 4 is 0 Å². The fourth-order valence-electron chi connectivity index (χ4n) is 1.83. The minimum atomic E-state index is -0.521. The zero-order valence-corrected chi connectivity index (χ0v) is 8.38. The van der Waals surface area contributed by atoms with Gasteiger partial charge in [0.05, 0.1) is 5.60 Å². The summed E-state index contributed by atoms with van der Waals surface area (Å²) < 4.78 is 0. The highest BCUT2D eigenvalue weighted by atomic mass is 16.3. The summed E-state index contributed by atoms with van der Waals surface area (Å²) in [5, 5.41) is 10.2. The Morgan fingerprint density at radius 1 is 1.33 bits per heavy atom. The van der Waals surface area contributed by atoms with Crippen molar-refractivity contribution in [2.45, 2.75) is 45.6 Å². The molecule has 0 amide bonds. The molecule has 0 spiro atoms. The minimum absolute atomic E-state index is 0.369. The van der Waals surface area contributed by atoms with Gasteiger partial charge < -0.3 is 5.11 Å². The molecule has 1 N–H and O–H groups in total. The van der Waals surface area contributed by atoms with Crippen molar-refractivity contribution in [1.82, 2.24) is 0 Å². The first-order valence-electron chi connectivity index (χ1n) is 4.96. The molecule has 0 radical (unpaired) electrons. The van der Waals surface area contributed by atoms with Gasteiger partial charge in [0.1, 0.15) is 0 Å². The van der Waals surface area contributed by atoms with Crippen molar-refractivity contribution < 1.29 is 5.11 Å². The number of rotatable bonds is 2. The standard InChI is InChI=1S/C11H20O/c1-9(2)10(3)11(12)7-5-4-6-8-11/h5,7,9-10,12H,4,6,8H2,1-3H3. The van der Waals surface area contributed by atoms with Gasteiger partial charge >= 0.3 is 0 Å². The van der Waals surface area contributed by atoms with Crippen LogP contribution in [0.1, 0.15) is 40.0 Å². The molecule has 0 aromatic carbocycles. The molecule has 0 aromatic heterocycles. The number of aliphatic hydroxyl groups is 1. The van der Waals surface area contributed by atoms with Crippen molar-refractivity contribution in [2.75, 3.05) is 0 Å². The molecule has 0 fully saturated rings. The van der Waals surface area contributed by atoms with Crippen LogP contribution in [0.4, 0.5) is 0 Å². The Morgan fingerprint density at radius 2 is 2.00 bits per heavy atom. The summed E-state index contributed by atoms with van der Waals surface area (Å²) in [5.74, 6) is 0.923. The SMILES string of the molecule is CC(C)C(C)C1(O)C=CCCC1. The van der Waals surface area contributed by atoms with Gasteiger partial charge in [-0.15, -0.1) is 0 Å². The number of hydrogen-bond donors (Lipinski definition) is 1. The van der Waals surface area contributed by atoms with Crippen LogP contribution in [-0.2, 0) is 0 Å². The van der Waals surface area contributed by atoms with Crippen LogP contribution in [0, 0.1) is 11.8 Å². The molecule has 1 heteroatoms. The summed E-state index contributed by atoms with van der Waals surface area (Å²) in [5.41, 5.74) is -0.521. The van der Waals surface area contributed by atoms with Crippen LogP contribution in [0.15, 0.2) is 12.2 Å². The molecule has 2 unspecified atom stereocenters. The Hall–Kier alpha value is -0.300. The summed E-state index contributed by atoms with van der Waals surface area (Å²) in [6.45, 7) is 6.48. The van der Waals surface area contributed by atoms with Crippen molar-refractivity contribution in [1.29, 1.82) is 0 Å². The maximum absolute atomic E-state index is 10.2. The van der Waals surface area contributed by atoms with Gasteiger partial charge in [-0.1, -0.05) is 32.9 Å². The second-order valence-corrected chi connectivity index (χ2v) is 4.32. The molecule has 12 heavy (non-hydrogen) atoms. The fraction of sp³-hybridized carbons (Fsp3) is 0.818. The van der Waals surface area contributed by atoms with Gasteiger partial charge in [0.25, 0.3) is 0 Å². The molecule has 0 aromatic rings. The van der Waals surface area contributed by atoms with Gasteiger partial charge in [-0.25, -0.2) is 0 Å². The molecule has 0 bridgehead atoms. The van der Waals surface area contributed by atoms with E-state index in [1.807, 2.05) is 6.08 Å². The predicted octanol–water partition coefficient (Wildman–Crippen LogP) is 2.75. The summed E-state index contributed by atoms with van der Waals surface area (Å²) in [7, 11) is 0. The lowest BCUT2D eigenvalue weighted by molar-refractivity contribution is 0.00275. The molecule has 1 aliphatic rings. The van der Waals surface area contributed by atoms with E-state index in [9.17, 15) is 5.11 Å². The van der Waals surface area contributed by atoms with Crippen LogP contribution in [0.5, 0.6) is 0 Å². The van der Waals surface area contributed by atoms with Gasteiger partial charge in [0.15, 0.2) is 0 Å². The normalized spacial score (nSPS) is 32.4. The molecule has 1 aliphatic carbocycles. The zero-order valence-electron chi connectivity index (χ0n) is 8.38. The molecule has 1 rings (SSSR count). The molecule has 70 valence electrons. The van der Waals surface area contributed by atoms with Gasteiger partial charge in [0.2, 0.25) is 0 Å². The van der Waals surface area contributed by atoms with Gasteiger partial charge in [-0.05, 0) is 31.1 Å². The molecule has 0 saturated heterocycles. The van der Waals surface area contributed by atoms with Crippen molar-refractivity contribution in [3.63, 3.8) is 0 Å². The van der Waals surface area contributed by atoms with Crippen LogP contribution < -0.4 is 0 Å². The third-order valence-electron chi connectivity index (χ3n) is 3.14. The van der Waals surface area contributed by atoms with E-state index in [2.05, 4.69) is 26.8 Å². The first kappa shape index (κ1) is 9.79. The first-order chi connectivity index (χ1) is 5.56. The molecular weight excluding hydrogens is 148 g/mol. The fourth-order valence-corrected chi connectivity index (χ4v) is 1.83. The molecular formula is C11H20O. The van der Waals surface area contributed by atoms with E-state index < -0.39 is 5.60 Å². The van der Waals surface area contributed by atoms with E-state index in [-0.39, 0.29) is 0 Å². The molecule has 2 atom stereocenters. The van der Waals surface area contributed by atoms with Crippen LogP contribution in [0.2, 0.25) is 0 Å². The van der Waals surface area contributed by atoms with Gasteiger partial charge in [-0.3, -0.25) is 0 Å². The Morgan fingerprint density at radius 3 is 2.42 bits per heavy atom. The summed E-state index contributed by atoms with van der Waals surface area (Å²) >= 11 is 0. The average Bonchev–Trinajstić information content (AvgIpc) is 2.04. The maximum Gasteiger partial charge on any atom is 0.0855 e. The van der Waals surface area contributed by atoms with E-state index in [1.54, 1.807) is 0 Å². The van der Waals surface area contributed by atoms with Crippen molar-refractivity contribution in [3.05, 3.63) is 12.2 Å². The molecule has 0 aliphatic heterocycles. The largest absolute Gasteiger partial charge is 0.386 e. The van der Waals surface area contributed by atoms with Crippen LogP contribution in [0.3, 0.4) is 0 Å². The van der Waals surface area contributed by atoms with E-state index in [1.165, 1.54) is 0 Å². The third kappa shape index (κ3) is 1.89. The summed E-state index contributed by atoms with van der Waals surface area (Å²) in [6.07, 6.45) is 7.31. The second kappa shape index (κ2) is 3.61. The highest BCUT2D eigenvalue weighted by molar-refractivity contribution is 5.07. The predicted molar refractivity (Wildman–Crippen MR) is 51.9 cm³/mol.